The van der Waals surface area contributed by atoms with E-state index in [1.807, 2.05) is 12.1 Å². The van der Waals surface area contributed by atoms with Crippen LogP contribution in [0.5, 0.6) is 0 Å². The summed E-state index contributed by atoms with van der Waals surface area (Å²) in [6.07, 6.45) is 4.88. The lowest BCUT2D eigenvalue weighted by Gasteiger charge is -2.22. The third kappa shape index (κ3) is 2.98. The Bertz CT molecular complexity index is 857. The fourth-order valence-electron chi connectivity index (χ4n) is 3.39. The molecule has 3 nitrogen and oxygen atoms in total. The Labute approximate surface area is 142 Å². The Hall–Kier alpha value is -1.72. The predicted molar refractivity (Wildman–Crippen MR) is 90.6 cm³/mol. The first-order valence-electron chi connectivity index (χ1n) is 8.42. The van der Waals surface area contributed by atoms with Gasteiger partial charge in [-0.2, -0.15) is 4.31 Å². The van der Waals surface area contributed by atoms with Crippen molar-refractivity contribution in [3.05, 3.63) is 65.0 Å². The molecular weight excluding hydrogens is 325 g/mol. The molecule has 4 rings (SSSR count). The molecule has 0 aromatic heterocycles. The molecule has 2 aliphatic rings. The molecule has 126 valence electrons. The number of benzene rings is 2. The zero-order chi connectivity index (χ0) is 16.7. The average molecular weight is 345 g/mol. The van der Waals surface area contributed by atoms with Gasteiger partial charge in [0.1, 0.15) is 5.82 Å². The first kappa shape index (κ1) is 15.8. The molecule has 0 saturated heterocycles. The summed E-state index contributed by atoms with van der Waals surface area (Å²) in [6, 6.07) is 11.7. The minimum atomic E-state index is -3.53. The van der Waals surface area contributed by atoms with E-state index in [1.54, 1.807) is 22.5 Å². The smallest absolute Gasteiger partial charge is 0.207 e. The van der Waals surface area contributed by atoms with Crippen LogP contribution in [0.4, 0.5) is 4.39 Å². The summed E-state index contributed by atoms with van der Waals surface area (Å²) in [5, 5.41) is 0. The number of hydrogen-bond acceptors (Lipinski definition) is 2. The van der Waals surface area contributed by atoms with E-state index in [0.717, 1.165) is 43.2 Å². The van der Waals surface area contributed by atoms with Crippen molar-refractivity contribution in [2.24, 2.45) is 0 Å². The van der Waals surface area contributed by atoms with Crippen LogP contribution < -0.4 is 0 Å². The van der Waals surface area contributed by atoms with Crippen molar-refractivity contribution in [2.45, 2.75) is 49.6 Å². The minimum absolute atomic E-state index is 0.0632. The maximum Gasteiger partial charge on any atom is 0.243 e. The highest BCUT2D eigenvalue weighted by molar-refractivity contribution is 7.89. The fourth-order valence-corrected chi connectivity index (χ4v) is 5.11. The zero-order valence-electron chi connectivity index (χ0n) is 13.4. The maximum atomic E-state index is 13.1. The molecule has 1 saturated carbocycles. The number of sulfonamides is 1. The minimum Gasteiger partial charge on any atom is -0.207 e. The fraction of sp³-hybridized carbons (Fsp3) is 0.368. The standard InChI is InChI=1S/C19H20FNO2S/c20-17-7-4-14(5-8-17)13-21(18-9-10-18)24(22,23)19-11-6-15-2-1-3-16(15)12-19/h4-8,11-12,18H,1-3,9-10,13H2. The van der Waals surface area contributed by atoms with Crippen LogP contribution in [-0.4, -0.2) is 18.8 Å². The van der Waals surface area contributed by atoms with Gasteiger partial charge in [-0.3, -0.25) is 0 Å². The van der Waals surface area contributed by atoms with E-state index in [0.29, 0.717) is 11.4 Å². The lowest BCUT2D eigenvalue weighted by Crippen LogP contribution is -2.32. The van der Waals surface area contributed by atoms with Gasteiger partial charge in [-0.15, -0.1) is 0 Å². The topological polar surface area (TPSA) is 37.4 Å². The van der Waals surface area contributed by atoms with Crippen LogP contribution in [0, 0.1) is 5.82 Å². The molecule has 5 heteroatoms. The number of hydrogen-bond donors (Lipinski definition) is 0. The van der Waals surface area contributed by atoms with Crippen LogP contribution in [0.2, 0.25) is 0 Å². The van der Waals surface area contributed by atoms with Gasteiger partial charge in [-0.05, 0) is 73.1 Å². The predicted octanol–water partition coefficient (Wildman–Crippen LogP) is 3.67. The van der Waals surface area contributed by atoms with Crippen LogP contribution in [0.1, 0.15) is 36.0 Å². The summed E-state index contributed by atoms with van der Waals surface area (Å²) in [4.78, 5) is 0.386. The largest absolute Gasteiger partial charge is 0.243 e. The van der Waals surface area contributed by atoms with Gasteiger partial charge in [-0.1, -0.05) is 18.2 Å². The summed E-state index contributed by atoms with van der Waals surface area (Å²) in [7, 11) is -3.53. The van der Waals surface area contributed by atoms with Gasteiger partial charge in [0.15, 0.2) is 0 Å². The zero-order valence-corrected chi connectivity index (χ0v) is 14.2. The van der Waals surface area contributed by atoms with E-state index < -0.39 is 10.0 Å². The van der Waals surface area contributed by atoms with E-state index in [-0.39, 0.29) is 11.9 Å². The van der Waals surface area contributed by atoms with Crippen LogP contribution >= 0.6 is 0 Å². The molecular formula is C19H20FNO2S. The number of rotatable bonds is 5. The van der Waals surface area contributed by atoms with Gasteiger partial charge < -0.3 is 0 Å². The third-order valence-electron chi connectivity index (χ3n) is 4.88. The molecule has 0 aliphatic heterocycles. The lowest BCUT2D eigenvalue weighted by molar-refractivity contribution is 0.398. The first-order valence-corrected chi connectivity index (χ1v) is 9.86. The summed E-state index contributed by atoms with van der Waals surface area (Å²) < 4.78 is 40.9. The Kier molecular flexibility index (Phi) is 3.93. The second-order valence-electron chi connectivity index (χ2n) is 6.69. The van der Waals surface area contributed by atoms with Gasteiger partial charge in [0, 0.05) is 12.6 Å². The van der Waals surface area contributed by atoms with Crippen LogP contribution in [0.3, 0.4) is 0 Å². The van der Waals surface area contributed by atoms with Crippen LogP contribution in [-0.2, 0) is 29.4 Å². The van der Waals surface area contributed by atoms with Crippen molar-refractivity contribution in [3.8, 4) is 0 Å². The summed E-state index contributed by atoms with van der Waals surface area (Å²) in [5.41, 5.74) is 3.24. The van der Waals surface area contributed by atoms with E-state index >= 15 is 0 Å². The molecule has 0 amide bonds. The molecule has 0 spiro atoms. The van der Waals surface area contributed by atoms with Gasteiger partial charge in [0.25, 0.3) is 0 Å². The van der Waals surface area contributed by atoms with Crippen LogP contribution in [0.15, 0.2) is 47.4 Å². The molecule has 2 aromatic rings. The molecule has 0 N–H and O–H groups in total. The molecule has 2 aliphatic carbocycles. The van der Waals surface area contributed by atoms with Gasteiger partial charge in [0.2, 0.25) is 10.0 Å². The van der Waals surface area contributed by atoms with E-state index in [2.05, 4.69) is 0 Å². The highest BCUT2D eigenvalue weighted by Gasteiger charge is 2.38. The van der Waals surface area contributed by atoms with Crippen molar-refractivity contribution in [3.63, 3.8) is 0 Å². The molecule has 0 heterocycles. The van der Waals surface area contributed by atoms with Gasteiger partial charge >= 0.3 is 0 Å². The van der Waals surface area contributed by atoms with Crippen molar-refractivity contribution >= 4 is 10.0 Å². The third-order valence-corrected chi connectivity index (χ3v) is 6.78. The number of nitrogens with zero attached hydrogens (tertiary/aromatic N) is 1. The van der Waals surface area contributed by atoms with Gasteiger partial charge in [0.05, 0.1) is 4.90 Å². The average Bonchev–Trinajstić information content (AvgIpc) is 3.30. The van der Waals surface area contributed by atoms with Crippen molar-refractivity contribution < 1.29 is 12.8 Å². The quantitative estimate of drug-likeness (QED) is 0.829. The SMILES string of the molecule is O=S(=O)(c1ccc2c(c1)CCC2)N(Cc1ccc(F)cc1)C1CC1. The number of fused-ring (bicyclic) bond motifs is 1. The van der Waals surface area contributed by atoms with Crippen molar-refractivity contribution in [1.82, 2.24) is 4.31 Å². The molecule has 1 fully saturated rings. The number of halogens is 1. The molecule has 24 heavy (non-hydrogen) atoms. The van der Waals surface area contributed by atoms with Crippen molar-refractivity contribution in [2.75, 3.05) is 0 Å². The molecule has 2 aromatic carbocycles. The molecule has 0 unspecified atom stereocenters. The monoisotopic (exact) mass is 345 g/mol. The Morgan fingerprint density at radius 2 is 1.71 bits per heavy atom. The van der Waals surface area contributed by atoms with E-state index in [9.17, 15) is 12.8 Å². The van der Waals surface area contributed by atoms with E-state index in [1.165, 1.54) is 17.7 Å². The summed E-state index contributed by atoms with van der Waals surface area (Å²) in [6.45, 7) is 0.296. The number of aryl methyl sites for hydroxylation is 2. The second-order valence-corrected chi connectivity index (χ2v) is 8.58. The van der Waals surface area contributed by atoms with Crippen molar-refractivity contribution in [1.29, 1.82) is 0 Å². The highest BCUT2D eigenvalue weighted by atomic mass is 32.2. The Balaban J connectivity index is 1.65. The molecule has 0 atom stereocenters. The molecule has 0 bridgehead atoms. The summed E-state index contributed by atoms with van der Waals surface area (Å²) in [5.74, 6) is -0.307. The summed E-state index contributed by atoms with van der Waals surface area (Å²) >= 11 is 0. The highest BCUT2D eigenvalue weighted by Crippen LogP contribution is 2.34. The normalized spacial score (nSPS) is 17.2. The van der Waals surface area contributed by atoms with Crippen LogP contribution in [0.25, 0.3) is 0 Å². The van der Waals surface area contributed by atoms with Gasteiger partial charge in [-0.25, -0.2) is 12.8 Å². The second kappa shape index (κ2) is 5.97. The van der Waals surface area contributed by atoms with E-state index in [4.69, 9.17) is 0 Å². The first-order chi connectivity index (χ1) is 11.5. The maximum absolute atomic E-state index is 13.1. The molecule has 0 radical (unpaired) electrons. The Morgan fingerprint density at radius 3 is 2.42 bits per heavy atom. The Morgan fingerprint density at radius 1 is 1.00 bits per heavy atom. The lowest BCUT2D eigenvalue weighted by atomic mass is 10.1.